The third kappa shape index (κ3) is 7.54. The number of pyridine rings is 1. The molecule has 2 heterocycles. The van der Waals surface area contributed by atoms with Crippen LogP contribution >= 0.6 is 0 Å². The van der Waals surface area contributed by atoms with Gasteiger partial charge in [-0.2, -0.15) is 13.2 Å². The largest absolute Gasteiger partial charge is 0.484 e. The maximum atomic E-state index is 14.1. The Morgan fingerprint density at radius 2 is 1.77 bits per heavy atom. The third-order valence-electron chi connectivity index (χ3n) is 6.16. The van der Waals surface area contributed by atoms with Gasteiger partial charge in [-0.05, 0) is 49.4 Å². The fraction of sp³-hybridized carbons (Fsp3) is 0.250. The number of alkyl halides is 3. The monoisotopic (exact) mass is 617 g/mol. The van der Waals surface area contributed by atoms with Crippen molar-refractivity contribution in [1.29, 1.82) is 0 Å². The van der Waals surface area contributed by atoms with Gasteiger partial charge in [0.2, 0.25) is 11.1 Å². The second-order valence-corrected chi connectivity index (χ2v) is 10.5. The maximum Gasteiger partial charge on any atom is 0.422 e. The van der Waals surface area contributed by atoms with Gasteiger partial charge in [0.05, 0.1) is 39.8 Å². The van der Waals surface area contributed by atoms with Gasteiger partial charge in [0.25, 0.3) is 0 Å². The number of amides is 2. The molecule has 226 valence electrons. The Morgan fingerprint density at radius 1 is 1.07 bits per heavy atom. The van der Waals surface area contributed by atoms with Gasteiger partial charge in [0.15, 0.2) is 6.61 Å². The SMILES string of the molecule is CC(=O)OCCN(C(=O)n1c([S@@](=O)Cc2nccc(OCC(F)(F)F)c2C)nc2ccccc21)c1ccc(C(N)=O)cc1. The third-order valence-corrected chi connectivity index (χ3v) is 7.37. The summed E-state index contributed by atoms with van der Waals surface area (Å²) in [4.78, 5) is 47.0. The predicted octanol–water partition coefficient (Wildman–Crippen LogP) is 4.13. The Kier molecular flexibility index (Phi) is 9.43. The van der Waals surface area contributed by atoms with E-state index in [4.69, 9.17) is 15.2 Å². The van der Waals surface area contributed by atoms with Crippen LogP contribution in [-0.2, 0) is 26.1 Å². The van der Waals surface area contributed by atoms with Crippen LogP contribution in [0.5, 0.6) is 5.75 Å². The van der Waals surface area contributed by atoms with Crippen molar-refractivity contribution < 1.29 is 41.2 Å². The number of hydrogen-bond donors (Lipinski definition) is 1. The fourth-order valence-electron chi connectivity index (χ4n) is 4.09. The quantitative estimate of drug-likeness (QED) is 0.262. The molecule has 0 fully saturated rings. The number of carbonyl (C=O) groups is 3. The van der Waals surface area contributed by atoms with Crippen molar-refractivity contribution in [3.05, 3.63) is 77.6 Å². The molecule has 15 heteroatoms. The number of imidazole rings is 1. The molecule has 4 rings (SSSR count). The first kappa shape index (κ1) is 31.2. The zero-order valence-electron chi connectivity index (χ0n) is 23.0. The summed E-state index contributed by atoms with van der Waals surface area (Å²) < 4.78 is 63.0. The summed E-state index contributed by atoms with van der Waals surface area (Å²) in [5.74, 6) is -1.58. The summed E-state index contributed by atoms with van der Waals surface area (Å²) in [6, 6.07) is 13.0. The second-order valence-electron chi connectivity index (χ2n) is 9.18. The van der Waals surface area contributed by atoms with E-state index in [0.29, 0.717) is 16.7 Å². The molecule has 0 bridgehead atoms. The van der Waals surface area contributed by atoms with Crippen molar-refractivity contribution in [3.8, 4) is 5.75 Å². The number of rotatable bonds is 10. The molecule has 0 unspecified atom stereocenters. The smallest absolute Gasteiger partial charge is 0.422 e. The zero-order valence-corrected chi connectivity index (χ0v) is 23.8. The average Bonchev–Trinajstić information content (AvgIpc) is 3.35. The Hall–Kier alpha value is -4.79. The molecule has 0 saturated heterocycles. The Morgan fingerprint density at radius 3 is 2.42 bits per heavy atom. The van der Waals surface area contributed by atoms with Crippen LogP contribution in [0.15, 0.2) is 66.0 Å². The van der Waals surface area contributed by atoms with E-state index >= 15 is 0 Å². The molecule has 43 heavy (non-hydrogen) atoms. The van der Waals surface area contributed by atoms with Crippen molar-refractivity contribution >= 4 is 45.4 Å². The number of benzene rings is 2. The molecule has 2 aromatic carbocycles. The van der Waals surface area contributed by atoms with Gasteiger partial charge in [-0.3, -0.25) is 23.7 Å². The van der Waals surface area contributed by atoms with E-state index < -0.39 is 41.5 Å². The summed E-state index contributed by atoms with van der Waals surface area (Å²) >= 11 is 0. The van der Waals surface area contributed by atoms with Gasteiger partial charge >= 0.3 is 18.2 Å². The molecule has 2 N–H and O–H groups in total. The van der Waals surface area contributed by atoms with E-state index in [1.807, 2.05) is 0 Å². The van der Waals surface area contributed by atoms with Crippen LogP contribution in [0, 0.1) is 6.92 Å². The Labute approximate surface area is 245 Å². The Balaban J connectivity index is 1.72. The lowest BCUT2D eigenvalue weighted by molar-refractivity contribution is -0.153. The van der Waals surface area contributed by atoms with E-state index in [1.165, 1.54) is 55.3 Å². The van der Waals surface area contributed by atoms with E-state index in [9.17, 15) is 31.8 Å². The fourth-order valence-corrected chi connectivity index (χ4v) is 5.34. The van der Waals surface area contributed by atoms with Crippen molar-refractivity contribution in [1.82, 2.24) is 14.5 Å². The molecule has 2 amide bonds. The van der Waals surface area contributed by atoms with E-state index in [-0.39, 0.29) is 46.6 Å². The van der Waals surface area contributed by atoms with Crippen molar-refractivity contribution in [2.75, 3.05) is 24.7 Å². The first-order valence-corrected chi connectivity index (χ1v) is 14.0. The van der Waals surface area contributed by atoms with Gasteiger partial charge in [-0.15, -0.1) is 0 Å². The molecular weight excluding hydrogens is 591 g/mol. The molecule has 0 aliphatic carbocycles. The molecule has 0 radical (unpaired) electrons. The Bertz CT molecular complexity index is 1690. The van der Waals surface area contributed by atoms with Gasteiger partial charge in [0.1, 0.15) is 12.4 Å². The number of esters is 1. The summed E-state index contributed by atoms with van der Waals surface area (Å²) in [5.41, 5.74) is 7.00. The lowest BCUT2D eigenvalue weighted by atomic mass is 10.2. The summed E-state index contributed by atoms with van der Waals surface area (Å²) in [5, 5.41) is -0.139. The number of para-hydroxylation sites is 2. The minimum Gasteiger partial charge on any atom is -0.484 e. The van der Waals surface area contributed by atoms with Crippen LogP contribution in [0.4, 0.5) is 23.7 Å². The predicted molar refractivity (Wildman–Crippen MR) is 150 cm³/mol. The molecule has 2 aromatic heterocycles. The van der Waals surface area contributed by atoms with Gasteiger partial charge in [-0.25, -0.2) is 14.3 Å². The van der Waals surface area contributed by atoms with Crippen LogP contribution in [-0.4, -0.2) is 62.6 Å². The number of halogens is 3. The standard InChI is InChI=1S/C28H26F3N5O6S/c1-17-22(33-12-11-24(17)42-16-28(29,30)31)15-43(40)26-34-21-5-3-4-6-23(21)36(26)27(39)35(13-14-41-18(2)37)20-9-7-19(8-10-20)25(32)38/h3-12H,13-16H2,1-2H3,(H2,32,38)/t43-/m0/s1. The normalized spacial score (nSPS) is 12.1. The molecule has 0 spiro atoms. The van der Waals surface area contributed by atoms with Crippen molar-refractivity contribution in [2.45, 2.75) is 30.9 Å². The molecule has 4 aromatic rings. The highest BCUT2D eigenvalue weighted by Crippen LogP contribution is 2.27. The highest BCUT2D eigenvalue weighted by atomic mass is 32.2. The molecular formula is C28H26F3N5O6S. The number of primary amides is 1. The number of aromatic nitrogens is 3. The number of fused-ring (bicyclic) bond motifs is 1. The number of anilines is 1. The van der Waals surface area contributed by atoms with Crippen LogP contribution in [0.25, 0.3) is 11.0 Å². The van der Waals surface area contributed by atoms with Crippen molar-refractivity contribution in [3.63, 3.8) is 0 Å². The topological polar surface area (TPSA) is 147 Å². The number of nitrogens with two attached hydrogens (primary N) is 1. The van der Waals surface area contributed by atoms with Gasteiger partial charge < -0.3 is 15.2 Å². The molecule has 0 aliphatic heterocycles. The van der Waals surface area contributed by atoms with Gasteiger partial charge in [-0.1, -0.05) is 12.1 Å². The molecule has 11 nitrogen and oxygen atoms in total. The zero-order chi connectivity index (χ0) is 31.3. The molecule has 0 saturated carbocycles. The second kappa shape index (κ2) is 13.0. The van der Waals surface area contributed by atoms with E-state index in [2.05, 4.69) is 9.97 Å². The average molecular weight is 618 g/mol. The number of ether oxygens (including phenoxy) is 2. The summed E-state index contributed by atoms with van der Waals surface area (Å²) in [7, 11) is -2.02. The number of hydrogen-bond acceptors (Lipinski definition) is 8. The van der Waals surface area contributed by atoms with Crippen LogP contribution in [0.3, 0.4) is 0 Å². The minimum atomic E-state index is -4.55. The maximum absolute atomic E-state index is 14.1. The lowest BCUT2D eigenvalue weighted by Crippen LogP contribution is -2.38. The number of nitrogens with zero attached hydrogens (tertiary/aromatic N) is 4. The van der Waals surface area contributed by atoms with Crippen LogP contribution < -0.4 is 15.4 Å². The molecule has 0 aliphatic rings. The minimum absolute atomic E-state index is 0.0695. The lowest BCUT2D eigenvalue weighted by Gasteiger charge is -2.24. The van der Waals surface area contributed by atoms with Crippen LogP contribution in [0.1, 0.15) is 28.5 Å². The van der Waals surface area contributed by atoms with Crippen LogP contribution in [0.2, 0.25) is 0 Å². The van der Waals surface area contributed by atoms with E-state index in [0.717, 1.165) is 4.57 Å². The van der Waals surface area contributed by atoms with Gasteiger partial charge in [0, 0.05) is 29.9 Å². The first-order chi connectivity index (χ1) is 20.4. The highest BCUT2D eigenvalue weighted by molar-refractivity contribution is 7.84. The first-order valence-electron chi connectivity index (χ1n) is 12.7. The number of carbonyl (C=O) groups excluding carboxylic acids is 3. The van der Waals surface area contributed by atoms with Crippen molar-refractivity contribution in [2.24, 2.45) is 5.73 Å². The van der Waals surface area contributed by atoms with E-state index in [1.54, 1.807) is 24.3 Å². The highest BCUT2D eigenvalue weighted by Gasteiger charge is 2.30. The molecule has 1 atom stereocenters. The summed E-state index contributed by atoms with van der Waals surface area (Å²) in [6.07, 6.45) is -3.31. The summed E-state index contributed by atoms with van der Waals surface area (Å²) in [6.45, 7) is 0.932.